The highest BCUT2D eigenvalue weighted by atomic mass is 35.5. The average molecular weight is 567 g/mol. The molecule has 0 spiro atoms. The molecule has 1 aliphatic heterocycles. The van der Waals surface area contributed by atoms with Crippen LogP contribution in [0, 0.1) is 0 Å². The molecule has 1 aliphatic carbocycles. The predicted octanol–water partition coefficient (Wildman–Crippen LogP) is 5.69. The number of methoxy groups -OCH3 is 2. The van der Waals surface area contributed by atoms with Gasteiger partial charge < -0.3 is 19.3 Å². The third-order valence-electron chi connectivity index (χ3n) is 7.02. The molecule has 11 heteroatoms. The van der Waals surface area contributed by atoms with Gasteiger partial charge in [0.25, 0.3) is 0 Å². The first-order valence-corrected chi connectivity index (χ1v) is 13.9. The Balaban J connectivity index is 1.45. The van der Waals surface area contributed by atoms with Crippen LogP contribution in [0.1, 0.15) is 70.0 Å². The number of carboxylic acid groups (broad SMARTS) is 1. The summed E-state index contributed by atoms with van der Waals surface area (Å²) in [5, 5.41) is 19.8. The van der Waals surface area contributed by atoms with Crippen LogP contribution >= 0.6 is 22.9 Å². The number of rotatable bonds is 9. The fraction of sp³-hybridized carbons (Fsp3) is 0.357. The zero-order valence-electron chi connectivity index (χ0n) is 21.5. The van der Waals surface area contributed by atoms with E-state index in [2.05, 4.69) is 19.7 Å². The molecule has 2 aromatic heterocycles. The van der Waals surface area contributed by atoms with E-state index in [-0.39, 0.29) is 6.42 Å². The molecular weight excluding hydrogens is 540 g/mol. The second kappa shape index (κ2) is 10.6. The number of hydrogen-bond acceptors (Lipinski definition) is 8. The zero-order chi connectivity index (χ0) is 27.1. The summed E-state index contributed by atoms with van der Waals surface area (Å²) in [4.78, 5) is 16.3. The molecule has 39 heavy (non-hydrogen) atoms. The van der Waals surface area contributed by atoms with E-state index in [4.69, 9.17) is 30.9 Å². The van der Waals surface area contributed by atoms with Crippen molar-refractivity contribution in [3.8, 4) is 17.2 Å². The van der Waals surface area contributed by atoms with Gasteiger partial charge in [-0.3, -0.25) is 9.36 Å². The predicted molar refractivity (Wildman–Crippen MR) is 145 cm³/mol. The number of aromatic nitrogens is 4. The second-order valence-corrected chi connectivity index (χ2v) is 11.3. The number of para-hydroxylation sites is 1. The summed E-state index contributed by atoms with van der Waals surface area (Å²) in [5.41, 5.74) is 2.63. The Morgan fingerprint density at radius 3 is 2.72 bits per heavy atom. The summed E-state index contributed by atoms with van der Waals surface area (Å²) in [7, 11) is 3.23. The normalized spacial score (nSPS) is 18.2. The maximum atomic E-state index is 11.1. The summed E-state index contributed by atoms with van der Waals surface area (Å²) < 4.78 is 20.5. The van der Waals surface area contributed by atoms with Crippen LogP contribution in [-0.2, 0) is 22.4 Å². The molecule has 0 unspecified atom stereocenters. The van der Waals surface area contributed by atoms with Gasteiger partial charge in [0.2, 0.25) is 0 Å². The van der Waals surface area contributed by atoms with Gasteiger partial charge >= 0.3 is 5.97 Å². The standard InChI is InChI=1S/C28H27ClN4O5S/c1-36-21-5-3-4-18(26(21)37-2)25-19-12-16(29)8-9-20(19)33-27(15-6-7-15)31-32-28(33)22(38-25)10-11-23-30-14-17(39-23)13-24(34)35/h3-5,8-9,12,14-15,22,25H,6-7,10-11,13H2,1-2H3,(H,34,35)/t22-,25-/m1/s1. The highest BCUT2D eigenvalue weighted by Gasteiger charge is 2.38. The molecule has 3 heterocycles. The third-order valence-corrected chi connectivity index (χ3v) is 8.31. The van der Waals surface area contributed by atoms with Gasteiger partial charge in [0.15, 0.2) is 17.3 Å². The highest BCUT2D eigenvalue weighted by molar-refractivity contribution is 7.11. The van der Waals surface area contributed by atoms with E-state index in [9.17, 15) is 4.79 Å². The van der Waals surface area contributed by atoms with Crippen molar-refractivity contribution in [2.45, 2.75) is 50.2 Å². The van der Waals surface area contributed by atoms with E-state index < -0.39 is 18.2 Å². The maximum absolute atomic E-state index is 11.1. The average Bonchev–Trinajstić information content (AvgIpc) is 3.56. The smallest absolute Gasteiger partial charge is 0.308 e. The lowest BCUT2D eigenvalue weighted by atomic mass is 9.98. The number of carbonyl (C=O) groups is 1. The van der Waals surface area contributed by atoms with Gasteiger partial charge in [-0.1, -0.05) is 23.7 Å². The van der Waals surface area contributed by atoms with Crippen molar-refractivity contribution in [2.75, 3.05) is 14.2 Å². The van der Waals surface area contributed by atoms with Crippen LogP contribution in [0.15, 0.2) is 42.6 Å². The molecule has 0 radical (unpaired) electrons. The highest BCUT2D eigenvalue weighted by Crippen LogP contribution is 2.48. The molecule has 4 aromatic rings. The van der Waals surface area contributed by atoms with E-state index in [1.54, 1.807) is 20.4 Å². The van der Waals surface area contributed by atoms with Crippen molar-refractivity contribution in [3.63, 3.8) is 0 Å². The van der Waals surface area contributed by atoms with Crippen LogP contribution in [0.3, 0.4) is 0 Å². The van der Waals surface area contributed by atoms with Crippen LogP contribution in [0.5, 0.6) is 11.5 Å². The van der Waals surface area contributed by atoms with Crippen molar-refractivity contribution >= 4 is 28.9 Å². The minimum Gasteiger partial charge on any atom is -0.493 e. The number of ether oxygens (including phenoxy) is 3. The monoisotopic (exact) mass is 566 g/mol. The van der Waals surface area contributed by atoms with Gasteiger partial charge in [-0.15, -0.1) is 21.5 Å². The molecule has 202 valence electrons. The topological polar surface area (TPSA) is 109 Å². The van der Waals surface area contributed by atoms with Crippen LogP contribution in [0.25, 0.3) is 5.69 Å². The van der Waals surface area contributed by atoms with Gasteiger partial charge in [-0.25, -0.2) is 4.98 Å². The first-order valence-electron chi connectivity index (χ1n) is 12.7. The molecule has 6 rings (SSSR count). The Hall–Kier alpha value is -3.47. The van der Waals surface area contributed by atoms with Gasteiger partial charge in [0, 0.05) is 39.6 Å². The summed E-state index contributed by atoms with van der Waals surface area (Å²) in [5.74, 6) is 2.34. The number of halogens is 1. The lowest BCUT2D eigenvalue weighted by Crippen LogP contribution is -2.13. The number of nitrogens with zero attached hydrogens (tertiary/aromatic N) is 4. The minimum absolute atomic E-state index is 0.0373. The largest absolute Gasteiger partial charge is 0.493 e. The molecule has 2 aliphatic rings. The summed E-state index contributed by atoms with van der Waals surface area (Å²) in [6.45, 7) is 0. The number of benzene rings is 2. The van der Waals surface area contributed by atoms with Crippen LogP contribution in [0.2, 0.25) is 5.02 Å². The third kappa shape index (κ3) is 4.99. The van der Waals surface area contributed by atoms with Crippen molar-refractivity contribution in [1.82, 2.24) is 19.7 Å². The number of thiazole rings is 1. The molecule has 2 atom stereocenters. The van der Waals surface area contributed by atoms with Gasteiger partial charge in [-0.05, 0) is 43.5 Å². The van der Waals surface area contributed by atoms with E-state index in [1.807, 2.05) is 36.4 Å². The number of carboxylic acids is 1. The first-order chi connectivity index (χ1) is 19.0. The molecule has 0 bridgehead atoms. The molecule has 1 N–H and O–H groups in total. The zero-order valence-corrected chi connectivity index (χ0v) is 23.0. The lowest BCUT2D eigenvalue weighted by molar-refractivity contribution is -0.136. The van der Waals surface area contributed by atoms with Gasteiger partial charge in [-0.2, -0.15) is 0 Å². The Labute approximate surface area is 234 Å². The van der Waals surface area contributed by atoms with Crippen molar-refractivity contribution in [2.24, 2.45) is 0 Å². The molecule has 0 saturated heterocycles. The molecular formula is C28H27ClN4O5S. The van der Waals surface area contributed by atoms with E-state index in [0.717, 1.165) is 51.2 Å². The Morgan fingerprint density at radius 2 is 1.97 bits per heavy atom. The first kappa shape index (κ1) is 25.8. The van der Waals surface area contributed by atoms with Crippen LogP contribution < -0.4 is 9.47 Å². The summed E-state index contributed by atoms with van der Waals surface area (Å²) >= 11 is 7.96. The fourth-order valence-electron chi connectivity index (χ4n) is 5.11. The Kier molecular flexibility index (Phi) is 7.01. The fourth-order valence-corrected chi connectivity index (χ4v) is 6.22. The van der Waals surface area contributed by atoms with Crippen LogP contribution in [-0.4, -0.2) is 45.0 Å². The lowest BCUT2D eigenvalue weighted by Gasteiger charge is -2.25. The SMILES string of the molecule is COc1cccc([C@H]2O[C@H](CCc3ncc(CC(=O)O)s3)c3nnc(C4CC4)n3-c3ccc(Cl)cc32)c1OC. The van der Waals surface area contributed by atoms with Crippen molar-refractivity contribution in [1.29, 1.82) is 0 Å². The van der Waals surface area contributed by atoms with Gasteiger partial charge in [0.1, 0.15) is 18.0 Å². The molecule has 2 aromatic carbocycles. The Morgan fingerprint density at radius 1 is 1.15 bits per heavy atom. The number of hydrogen-bond donors (Lipinski definition) is 1. The molecule has 9 nitrogen and oxygen atoms in total. The van der Waals surface area contributed by atoms with Gasteiger partial charge in [0.05, 0.1) is 31.3 Å². The van der Waals surface area contributed by atoms with E-state index in [0.29, 0.717) is 35.3 Å². The second-order valence-electron chi connectivity index (χ2n) is 9.65. The number of aryl methyl sites for hydroxylation is 1. The van der Waals surface area contributed by atoms with Crippen LogP contribution in [0.4, 0.5) is 0 Å². The summed E-state index contributed by atoms with van der Waals surface area (Å²) in [6.07, 6.45) is 3.97. The maximum Gasteiger partial charge on any atom is 0.308 e. The quantitative estimate of drug-likeness (QED) is 0.275. The van der Waals surface area contributed by atoms with Crippen molar-refractivity contribution < 1.29 is 24.1 Å². The number of aliphatic carboxylic acids is 1. The molecule has 1 saturated carbocycles. The van der Waals surface area contributed by atoms with E-state index in [1.165, 1.54) is 11.3 Å². The molecule has 0 amide bonds. The van der Waals surface area contributed by atoms with Crippen molar-refractivity contribution in [3.05, 3.63) is 80.3 Å². The Bertz CT molecular complexity index is 1530. The minimum atomic E-state index is -0.871. The van der Waals surface area contributed by atoms with E-state index >= 15 is 0 Å². The number of fused-ring (bicyclic) bond motifs is 3. The molecule has 1 fully saturated rings. The summed E-state index contributed by atoms with van der Waals surface area (Å²) in [6, 6.07) is 11.6.